The molecule has 9 heteroatoms. The van der Waals surface area contributed by atoms with E-state index >= 15 is 0 Å². The first-order valence-corrected chi connectivity index (χ1v) is 11.5. The number of pyridine rings is 1. The van der Waals surface area contributed by atoms with Gasteiger partial charge in [-0.3, -0.25) is 9.59 Å². The smallest absolute Gasteiger partial charge is 0.261 e. The molecule has 1 atom stereocenters. The average molecular weight is 491 g/mol. The van der Waals surface area contributed by atoms with E-state index in [1.54, 1.807) is 42.5 Å². The summed E-state index contributed by atoms with van der Waals surface area (Å²) >= 11 is 0. The number of aliphatic hydroxyl groups excluding tert-OH is 1. The van der Waals surface area contributed by atoms with Crippen LogP contribution in [0.4, 0.5) is 11.4 Å². The van der Waals surface area contributed by atoms with E-state index in [9.17, 15) is 14.7 Å². The van der Waals surface area contributed by atoms with Gasteiger partial charge in [-0.1, -0.05) is 42.5 Å². The van der Waals surface area contributed by atoms with Crippen molar-refractivity contribution in [3.05, 3.63) is 112 Å². The SMILES string of the molecule is N#Cc1cccc(C(=O)Nc2cccc3nc(-c4c(NC[C@H](O)c5ccccc5)cc[nH]c4=O)[nH]c23)c1. The number of rotatable bonds is 7. The van der Waals surface area contributed by atoms with Gasteiger partial charge in [0.2, 0.25) is 0 Å². The van der Waals surface area contributed by atoms with E-state index in [0.717, 1.165) is 5.56 Å². The molecule has 5 aromatic rings. The van der Waals surface area contributed by atoms with Gasteiger partial charge in [-0.15, -0.1) is 0 Å². The van der Waals surface area contributed by atoms with E-state index in [-0.39, 0.29) is 23.6 Å². The van der Waals surface area contributed by atoms with Crippen LogP contribution in [0.5, 0.6) is 0 Å². The Hall–Kier alpha value is -5.20. The summed E-state index contributed by atoms with van der Waals surface area (Å²) in [6.07, 6.45) is 0.748. The van der Waals surface area contributed by atoms with Crippen molar-refractivity contribution in [3.63, 3.8) is 0 Å². The van der Waals surface area contributed by atoms with Crippen LogP contribution in [-0.4, -0.2) is 32.5 Å². The second-order valence-electron chi connectivity index (χ2n) is 8.33. The molecule has 9 nitrogen and oxygen atoms in total. The highest BCUT2D eigenvalue weighted by molar-refractivity contribution is 6.08. The number of aromatic nitrogens is 3. The van der Waals surface area contributed by atoms with Gasteiger partial charge in [0.15, 0.2) is 0 Å². The fraction of sp³-hybridized carbons (Fsp3) is 0.0714. The number of nitrogens with one attached hydrogen (secondary N) is 4. The number of aliphatic hydroxyl groups is 1. The van der Waals surface area contributed by atoms with Crippen molar-refractivity contribution in [1.82, 2.24) is 15.0 Å². The van der Waals surface area contributed by atoms with Gasteiger partial charge in [-0.25, -0.2) is 4.98 Å². The number of aromatic amines is 2. The number of H-pyrrole nitrogens is 2. The van der Waals surface area contributed by atoms with Crippen molar-refractivity contribution in [3.8, 4) is 17.5 Å². The maximum absolute atomic E-state index is 12.8. The Morgan fingerprint density at radius 3 is 2.65 bits per heavy atom. The Morgan fingerprint density at radius 1 is 1.03 bits per heavy atom. The Labute approximate surface area is 211 Å². The summed E-state index contributed by atoms with van der Waals surface area (Å²) in [7, 11) is 0. The number of fused-ring (bicyclic) bond motifs is 1. The van der Waals surface area contributed by atoms with Crippen LogP contribution in [0.1, 0.15) is 27.6 Å². The third-order valence-corrected chi connectivity index (χ3v) is 5.89. The predicted molar refractivity (Wildman–Crippen MR) is 141 cm³/mol. The minimum atomic E-state index is -0.773. The van der Waals surface area contributed by atoms with Crippen LogP contribution in [-0.2, 0) is 0 Å². The van der Waals surface area contributed by atoms with Crippen LogP contribution in [0, 0.1) is 11.3 Å². The molecule has 0 unspecified atom stereocenters. The number of nitriles is 1. The molecule has 0 fully saturated rings. The molecule has 37 heavy (non-hydrogen) atoms. The molecule has 182 valence electrons. The molecule has 2 aromatic heterocycles. The van der Waals surface area contributed by atoms with Gasteiger partial charge in [-0.2, -0.15) is 5.26 Å². The van der Waals surface area contributed by atoms with Gasteiger partial charge in [-0.05, 0) is 42.0 Å². The molecule has 5 N–H and O–H groups in total. The summed E-state index contributed by atoms with van der Waals surface area (Å²) in [5, 5.41) is 25.7. The number of hydrogen-bond donors (Lipinski definition) is 5. The third-order valence-electron chi connectivity index (χ3n) is 5.89. The normalized spacial score (nSPS) is 11.6. The highest BCUT2D eigenvalue weighted by atomic mass is 16.3. The van der Waals surface area contributed by atoms with E-state index in [1.807, 2.05) is 36.4 Å². The lowest BCUT2D eigenvalue weighted by Gasteiger charge is -2.14. The second kappa shape index (κ2) is 10.2. The molecule has 0 aliphatic heterocycles. The number of anilines is 2. The number of nitrogens with zero attached hydrogens (tertiary/aromatic N) is 2. The average Bonchev–Trinajstić information content (AvgIpc) is 3.37. The Bertz CT molecular complexity index is 1680. The monoisotopic (exact) mass is 490 g/mol. The number of hydrogen-bond acceptors (Lipinski definition) is 6. The number of carbonyl (C=O) groups excluding carboxylic acids is 1. The standard InChI is InChI=1S/C28H22N6O3/c29-15-17-6-4-9-19(14-17)27(36)33-22-11-5-10-21-25(22)34-26(32-21)24-20(12-13-30-28(24)37)31-16-23(35)18-7-2-1-3-8-18/h1-14,23,35H,16H2,(H,32,34)(H,33,36)(H2,30,31,37)/t23-/m0/s1. The van der Waals surface area contributed by atoms with Gasteiger partial charge >= 0.3 is 0 Å². The van der Waals surface area contributed by atoms with Crippen LogP contribution >= 0.6 is 0 Å². The van der Waals surface area contributed by atoms with E-state index < -0.39 is 6.10 Å². The Balaban J connectivity index is 1.45. The van der Waals surface area contributed by atoms with Gasteiger partial charge < -0.3 is 25.7 Å². The molecule has 0 spiro atoms. The lowest BCUT2D eigenvalue weighted by atomic mass is 10.1. The molecule has 5 rings (SSSR count). The molecular formula is C28H22N6O3. The van der Waals surface area contributed by atoms with Gasteiger partial charge in [0, 0.05) is 18.3 Å². The van der Waals surface area contributed by atoms with Crippen molar-refractivity contribution < 1.29 is 9.90 Å². The maximum Gasteiger partial charge on any atom is 0.261 e. The fourth-order valence-electron chi connectivity index (χ4n) is 4.04. The lowest BCUT2D eigenvalue weighted by Crippen LogP contribution is -2.17. The molecular weight excluding hydrogens is 468 g/mol. The van der Waals surface area contributed by atoms with Crippen molar-refractivity contribution in [2.75, 3.05) is 17.2 Å². The summed E-state index contributed by atoms with van der Waals surface area (Å²) in [5.41, 5.74) is 3.47. The Kier molecular flexibility index (Phi) is 6.48. The molecule has 2 heterocycles. The molecule has 0 aliphatic carbocycles. The highest BCUT2D eigenvalue weighted by Crippen LogP contribution is 2.28. The van der Waals surface area contributed by atoms with Crippen molar-refractivity contribution in [2.45, 2.75) is 6.10 Å². The molecule has 0 aliphatic rings. The lowest BCUT2D eigenvalue weighted by molar-refractivity contribution is 0.102. The van der Waals surface area contributed by atoms with Gasteiger partial charge in [0.05, 0.1) is 40.1 Å². The molecule has 0 saturated heterocycles. The summed E-state index contributed by atoms with van der Waals surface area (Å²) in [4.78, 5) is 36.1. The van der Waals surface area contributed by atoms with Crippen molar-refractivity contribution in [2.24, 2.45) is 0 Å². The first-order chi connectivity index (χ1) is 18.0. The minimum Gasteiger partial charge on any atom is -0.387 e. The number of amides is 1. The summed E-state index contributed by atoms with van der Waals surface area (Å²) < 4.78 is 0. The summed E-state index contributed by atoms with van der Waals surface area (Å²) in [6.45, 7) is 0.184. The second-order valence-corrected chi connectivity index (χ2v) is 8.33. The maximum atomic E-state index is 12.8. The van der Waals surface area contributed by atoms with Crippen molar-refractivity contribution >= 4 is 28.3 Å². The largest absolute Gasteiger partial charge is 0.387 e. The molecule has 0 bridgehead atoms. The number of carbonyl (C=O) groups is 1. The first kappa shape index (κ1) is 23.5. The zero-order valence-electron chi connectivity index (χ0n) is 19.5. The predicted octanol–water partition coefficient (Wildman–Crippen LogP) is 4.19. The number of imidazole rings is 1. The zero-order chi connectivity index (χ0) is 25.8. The topological polar surface area (TPSA) is 147 Å². The number of para-hydroxylation sites is 1. The number of benzene rings is 3. The summed E-state index contributed by atoms with van der Waals surface area (Å²) in [6, 6.07) is 24.6. The first-order valence-electron chi connectivity index (χ1n) is 11.5. The van der Waals surface area contributed by atoms with Gasteiger partial charge in [0.1, 0.15) is 11.4 Å². The fourth-order valence-corrected chi connectivity index (χ4v) is 4.04. The van der Waals surface area contributed by atoms with E-state index in [4.69, 9.17) is 5.26 Å². The van der Waals surface area contributed by atoms with E-state index in [0.29, 0.717) is 39.4 Å². The third kappa shape index (κ3) is 4.96. The molecule has 1 amide bonds. The molecule has 0 radical (unpaired) electrons. The zero-order valence-corrected chi connectivity index (χ0v) is 19.5. The van der Waals surface area contributed by atoms with Crippen molar-refractivity contribution in [1.29, 1.82) is 5.26 Å². The highest BCUT2D eigenvalue weighted by Gasteiger charge is 2.18. The minimum absolute atomic E-state index is 0.184. The van der Waals surface area contributed by atoms with Crippen LogP contribution in [0.3, 0.4) is 0 Å². The van der Waals surface area contributed by atoms with Crippen LogP contribution in [0.25, 0.3) is 22.4 Å². The van der Waals surface area contributed by atoms with E-state index in [1.165, 1.54) is 12.3 Å². The van der Waals surface area contributed by atoms with Crippen LogP contribution in [0.2, 0.25) is 0 Å². The summed E-state index contributed by atoms with van der Waals surface area (Å²) in [5.74, 6) is -0.0720. The van der Waals surface area contributed by atoms with E-state index in [2.05, 4.69) is 25.6 Å². The molecule has 0 saturated carbocycles. The quantitative estimate of drug-likeness (QED) is 0.231. The van der Waals surface area contributed by atoms with Gasteiger partial charge in [0.25, 0.3) is 11.5 Å². The van der Waals surface area contributed by atoms with Crippen LogP contribution in [0.15, 0.2) is 89.9 Å². The molecule has 3 aromatic carbocycles. The van der Waals surface area contributed by atoms with Crippen LogP contribution < -0.4 is 16.2 Å². The Morgan fingerprint density at radius 2 is 1.84 bits per heavy atom.